The van der Waals surface area contributed by atoms with Gasteiger partial charge in [-0.1, -0.05) is 6.42 Å². The molecule has 1 aromatic rings. The number of amides is 1. The van der Waals surface area contributed by atoms with E-state index in [1.165, 1.54) is 6.42 Å². The normalized spacial score (nSPS) is 18.6. The van der Waals surface area contributed by atoms with Crippen molar-refractivity contribution in [3.63, 3.8) is 0 Å². The number of benzene rings is 1. The highest BCUT2D eigenvalue weighted by Crippen LogP contribution is 2.27. The fourth-order valence-corrected chi connectivity index (χ4v) is 3.45. The van der Waals surface area contributed by atoms with Gasteiger partial charge in [0.15, 0.2) is 0 Å². The van der Waals surface area contributed by atoms with Crippen LogP contribution >= 0.6 is 11.8 Å². The molecule has 0 aliphatic carbocycles. The van der Waals surface area contributed by atoms with Gasteiger partial charge in [-0.25, -0.2) is 0 Å². The minimum atomic E-state index is -0.1000. The van der Waals surface area contributed by atoms with Crippen LogP contribution in [0.15, 0.2) is 18.2 Å². The van der Waals surface area contributed by atoms with E-state index in [0.29, 0.717) is 23.6 Å². The summed E-state index contributed by atoms with van der Waals surface area (Å²) in [5.74, 6) is 1.78. The first-order chi connectivity index (χ1) is 9.74. The number of carbonyl (C=O) groups is 1. The summed E-state index contributed by atoms with van der Waals surface area (Å²) in [4.78, 5) is 12.2. The van der Waals surface area contributed by atoms with Crippen molar-refractivity contribution in [3.05, 3.63) is 23.8 Å². The highest BCUT2D eigenvalue weighted by atomic mass is 32.2. The first kappa shape index (κ1) is 15.2. The van der Waals surface area contributed by atoms with E-state index in [2.05, 4.69) is 5.32 Å². The van der Waals surface area contributed by atoms with Gasteiger partial charge in [-0.05, 0) is 43.7 Å². The molecule has 1 aliphatic rings. The summed E-state index contributed by atoms with van der Waals surface area (Å²) < 4.78 is 5.43. The predicted octanol–water partition coefficient (Wildman–Crippen LogP) is 2.80. The molecule has 5 heteroatoms. The molecule has 0 radical (unpaired) electrons. The lowest BCUT2D eigenvalue weighted by Crippen LogP contribution is -2.27. The van der Waals surface area contributed by atoms with Crippen LogP contribution in [0.5, 0.6) is 5.75 Å². The minimum Gasteiger partial charge on any atom is -0.494 e. The van der Waals surface area contributed by atoms with E-state index in [1.54, 1.807) is 23.9 Å². The predicted molar refractivity (Wildman–Crippen MR) is 82.3 cm³/mol. The van der Waals surface area contributed by atoms with Crippen molar-refractivity contribution < 1.29 is 14.6 Å². The molecule has 0 aromatic heterocycles. The van der Waals surface area contributed by atoms with E-state index >= 15 is 0 Å². The van der Waals surface area contributed by atoms with Crippen LogP contribution in [0.2, 0.25) is 0 Å². The van der Waals surface area contributed by atoms with Crippen LogP contribution in [-0.2, 0) is 11.4 Å². The summed E-state index contributed by atoms with van der Waals surface area (Å²) in [5, 5.41) is 12.3. The molecule has 1 atom stereocenters. The fraction of sp³-hybridized carbons (Fsp3) is 0.533. The number of nitrogens with one attached hydrogen (secondary N) is 1. The minimum absolute atomic E-state index is 0.0490. The molecule has 1 heterocycles. The third kappa shape index (κ3) is 3.90. The maximum atomic E-state index is 12.2. The van der Waals surface area contributed by atoms with Gasteiger partial charge in [0.25, 0.3) is 0 Å². The average Bonchev–Trinajstić information content (AvgIpc) is 2.50. The molecule has 0 bridgehead atoms. The van der Waals surface area contributed by atoms with Crippen LogP contribution in [-0.4, -0.2) is 28.6 Å². The lowest BCUT2D eigenvalue weighted by Gasteiger charge is -2.20. The zero-order valence-electron chi connectivity index (χ0n) is 11.7. The Morgan fingerprint density at radius 2 is 2.35 bits per heavy atom. The van der Waals surface area contributed by atoms with Crippen molar-refractivity contribution in [2.45, 2.75) is 38.0 Å². The molecule has 1 fully saturated rings. The Morgan fingerprint density at radius 3 is 3.00 bits per heavy atom. The van der Waals surface area contributed by atoms with Gasteiger partial charge >= 0.3 is 0 Å². The Morgan fingerprint density at radius 1 is 1.50 bits per heavy atom. The van der Waals surface area contributed by atoms with Gasteiger partial charge in [-0.15, -0.1) is 11.8 Å². The number of hydrogen-bond donors (Lipinski definition) is 2. The van der Waals surface area contributed by atoms with Gasteiger partial charge in [0.05, 0.1) is 18.5 Å². The van der Waals surface area contributed by atoms with Crippen LogP contribution in [0.25, 0.3) is 0 Å². The standard InChI is InChI=1S/C15H21NO3S/c1-2-19-13-7-6-12(9-11(13)10-17)16-15(18)14-5-3-4-8-20-14/h6-7,9,14,17H,2-5,8,10H2,1H3,(H,16,18). The molecule has 4 nitrogen and oxygen atoms in total. The number of carbonyl (C=O) groups excluding carboxylic acids is 1. The van der Waals surface area contributed by atoms with Gasteiger partial charge in [0.2, 0.25) is 5.91 Å². The van der Waals surface area contributed by atoms with Crippen molar-refractivity contribution in [3.8, 4) is 5.75 Å². The van der Waals surface area contributed by atoms with E-state index in [0.717, 1.165) is 18.6 Å². The zero-order chi connectivity index (χ0) is 14.4. The third-order valence-electron chi connectivity index (χ3n) is 3.27. The summed E-state index contributed by atoms with van der Waals surface area (Å²) in [7, 11) is 0. The Hall–Kier alpha value is -1.20. The van der Waals surface area contributed by atoms with Crippen LogP contribution < -0.4 is 10.1 Å². The van der Waals surface area contributed by atoms with E-state index < -0.39 is 0 Å². The second-order valence-electron chi connectivity index (χ2n) is 4.76. The summed E-state index contributed by atoms with van der Waals surface area (Å²) in [6.45, 7) is 2.35. The molecule has 0 spiro atoms. The van der Waals surface area contributed by atoms with Gasteiger partial charge < -0.3 is 15.2 Å². The number of thioether (sulfide) groups is 1. The quantitative estimate of drug-likeness (QED) is 0.877. The van der Waals surface area contributed by atoms with E-state index in [4.69, 9.17) is 4.74 Å². The average molecular weight is 295 g/mol. The summed E-state index contributed by atoms with van der Waals surface area (Å²) >= 11 is 1.73. The monoisotopic (exact) mass is 295 g/mol. The number of aliphatic hydroxyl groups excluding tert-OH is 1. The number of hydrogen-bond acceptors (Lipinski definition) is 4. The van der Waals surface area contributed by atoms with Crippen LogP contribution in [0.1, 0.15) is 31.7 Å². The SMILES string of the molecule is CCOc1ccc(NC(=O)C2CCCCS2)cc1CO. The number of aliphatic hydroxyl groups is 1. The molecule has 1 aromatic carbocycles. The largest absolute Gasteiger partial charge is 0.494 e. The number of ether oxygens (including phenoxy) is 1. The maximum Gasteiger partial charge on any atom is 0.237 e. The fourth-order valence-electron chi connectivity index (χ4n) is 2.25. The highest BCUT2D eigenvalue weighted by molar-refractivity contribution is 8.00. The molecular formula is C15H21NO3S. The van der Waals surface area contributed by atoms with Crippen LogP contribution in [0.4, 0.5) is 5.69 Å². The smallest absolute Gasteiger partial charge is 0.237 e. The van der Waals surface area contributed by atoms with Crippen LogP contribution in [0, 0.1) is 0 Å². The van der Waals surface area contributed by atoms with Crippen molar-refractivity contribution in [1.29, 1.82) is 0 Å². The van der Waals surface area contributed by atoms with E-state index in [-0.39, 0.29) is 17.8 Å². The molecular weight excluding hydrogens is 274 g/mol. The number of rotatable bonds is 5. The molecule has 1 aliphatic heterocycles. The Kier molecular flexibility index (Phi) is 5.73. The van der Waals surface area contributed by atoms with Gasteiger partial charge in [0.1, 0.15) is 5.75 Å². The molecule has 0 saturated carbocycles. The lowest BCUT2D eigenvalue weighted by atomic mass is 10.1. The van der Waals surface area contributed by atoms with Crippen molar-refractivity contribution in [2.75, 3.05) is 17.7 Å². The summed E-state index contributed by atoms with van der Waals surface area (Å²) in [5.41, 5.74) is 1.41. The highest BCUT2D eigenvalue weighted by Gasteiger charge is 2.21. The summed E-state index contributed by atoms with van der Waals surface area (Å²) in [6.07, 6.45) is 3.27. The molecule has 2 rings (SSSR count). The van der Waals surface area contributed by atoms with Crippen molar-refractivity contribution in [2.24, 2.45) is 0 Å². The Labute approximate surface area is 123 Å². The van der Waals surface area contributed by atoms with Gasteiger partial charge in [0, 0.05) is 11.3 Å². The topological polar surface area (TPSA) is 58.6 Å². The molecule has 1 amide bonds. The molecule has 20 heavy (non-hydrogen) atoms. The van der Waals surface area contributed by atoms with E-state index in [1.807, 2.05) is 13.0 Å². The maximum absolute atomic E-state index is 12.2. The van der Waals surface area contributed by atoms with Gasteiger partial charge in [-0.3, -0.25) is 4.79 Å². The lowest BCUT2D eigenvalue weighted by molar-refractivity contribution is -0.115. The van der Waals surface area contributed by atoms with E-state index in [9.17, 15) is 9.90 Å². The summed E-state index contributed by atoms with van der Waals surface area (Å²) in [6, 6.07) is 5.38. The zero-order valence-corrected chi connectivity index (χ0v) is 12.5. The van der Waals surface area contributed by atoms with Crippen molar-refractivity contribution >= 4 is 23.4 Å². The Bertz CT molecular complexity index is 458. The van der Waals surface area contributed by atoms with Crippen LogP contribution in [0.3, 0.4) is 0 Å². The van der Waals surface area contributed by atoms with Crippen molar-refractivity contribution in [1.82, 2.24) is 0 Å². The second-order valence-corrected chi connectivity index (χ2v) is 6.07. The van der Waals surface area contributed by atoms with Gasteiger partial charge in [-0.2, -0.15) is 0 Å². The first-order valence-corrected chi connectivity index (χ1v) is 8.08. The molecule has 2 N–H and O–H groups in total. The molecule has 1 unspecified atom stereocenters. The molecule has 110 valence electrons. The second kappa shape index (κ2) is 7.55. The Balaban J connectivity index is 2.03. The third-order valence-corrected chi connectivity index (χ3v) is 4.65. The molecule has 1 saturated heterocycles. The number of anilines is 1. The first-order valence-electron chi connectivity index (χ1n) is 7.03.